The Balaban J connectivity index is 1.19. The molecule has 4 fully saturated rings. The number of carbonyl (C=O) groups excluding carboxylic acids is 1. The Bertz CT molecular complexity index is 1740. The summed E-state index contributed by atoms with van der Waals surface area (Å²) in [6.07, 6.45) is 9.81. The van der Waals surface area contributed by atoms with Gasteiger partial charge in [-0.2, -0.15) is 0 Å². The van der Waals surface area contributed by atoms with Crippen LogP contribution in [0.1, 0.15) is 93.9 Å². The first kappa shape index (κ1) is 48.6. The molecule has 0 aromatic heterocycles. The van der Waals surface area contributed by atoms with Crippen molar-refractivity contribution in [1.29, 1.82) is 0 Å². The number of allylic oxidation sites excluding steroid dienone is 2. The van der Waals surface area contributed by atoms with Crippen LogP contribution in [0, 0.1) is 29.6 Å². The number of fused-ring (bicyclic) bond motifs is 2. The maximum absolute atomic E-state index is 14.5. The van der Waals surface area contributed by atoms with E-state index >= 15 is 0 Å². The molecule has 1 spiro atoms. The van der Waals surface area contributed by atoms with E-state index in [0.29, 0.717) is 43.3 Å². The van der Waals surface area contributed by atoms with Crippen molar-refractivity contribution in [2.75, 3.05) is 27.4 Å². The highest BCUT2D eigenvalue weighted by Gasteiger charge is 2.58. The summed E-state index contributed by atoms with van der Waals surface area (Å²) in [7, 11) is 3.22. The number of aliphatic hydroxyl groups is 3. The van der Waals surface area contributed by atoms with Gasteiger partial charge in [-0.15, -0.1) is 0 Å². The third kappa shape index (κ3) is 10.2. The van der Waals surface area contributed by atoms with E-state index in [1.807, 2.05) is 32.1 Å². The molecule has 7 rings (SSSR count). The predicted molar refractivity (Wildman–Crippen MR) is 232 cm³/mol. The van der Waals surface area contributed by atoms with E-state index in [1.165, 1.54) is 0 Å². The summed E-state index contributed by atoms with van der Waals surface area (Å²) >= 11 is 0. The van der Waals surface area contributed by atoms with Crippen LogP contribution in [0.25, 0.3) is 0 Å². The van der Waals surface area contributed by atoms with Crippen LogP contribution in [0.2, 0.25) is 0 Å². The molecular formula is C49H74O14. The van der Waals surface area contributed by atoms with E-state index in [0.717, 1.165) is 12.0 Å². The Morgan fingerprint density at radius 2 is 1.60 bits per heavy atom. The fourth-order valence-corrected chi connectivity index (χ4v) is 10.9. The lowest BCUT2D eigenvalue weighted by Crippen LogP contribution is -2.61. The van der Waals surface area contributed by atoms with Crippen LogP contribution >= 0.6 is 0 Å². The molecule has 6 aliphatic heterocycles. The van der Waals surface area contributed by atoms with Crippen molar-refractivity contribution in [2.45, 2.75) is 185 Å². The SMILES string of the molecule is CC[C@H](C)[C@H]1O[C@]2(C=C[C@@H]1C)C[C@@H]1C[C@@H](C/C=C(\C)[C@@H](O[C@H]3C[C@H](OC)[C@@H](O[C@H]4C[C@H](OC)[C@@H](O)[C@H](C)O4)[C@H](C)O3)[C@@H](C)/C=C/C=C3\COC[C@@H]4[C@H](O)C(C)=C[C@@H](C(=O)O1)[C@]34O)O2. The Morgan fingerprint density at radius 1 is 0.889 bits per heavy atom. The van der Waals surface area contributed by atoms with Crippen molar-refractivity contribution in [1.82, 2.24) is 0 Å². The standard InChI is InChI=1S/C49H74O14/c1-11-26(2)45-29(5)17-18-48(63-45)23-35-20-34(62-48)16-15-28(4)44(60-41-22-39(55-10)46(32(8)58-41)61-40-21-38(54-9)43(51)31(7)57-40)27(3)13-12-14-33-24-56-25-37-42(50)30(6)19-36(47(52)59-35)49(33,37)53/h12-15,17-19,26-27,29,31-32,34-46,50-51,53H,11,16,20-25H2,1-10H3/b13-12+,28-15+,33-14+/t26-,27-,29-,31-,32-,34+,35-,36-,37+,38-,39-,40-,41-,42+,43-,44-,45+,46-,48+,49+/m0/s1. The molecule has 7 aliphatic rings. The average molecular weight is 887 g/mol. The van der Waals surface area contributed by atoms with Crippen LogP contribution < -0.4 is 0 Å². The van der Waals surface area contributed by atoms with Gasteiger partial charge in [-0.25, -0.2) is 0 Å². The van der Waals surface area contributed by atoms with Gasteiger partial charge in [-0.3, -0.25) is 4.79 Å². The van der Waals surface area contributed by atoms with Gasteiger partial charge in [0, 0.05) is 57.7 Å². The minimum Gasteiger partial charge on any atom is -0.462 e. The second-order valence-corrected chi connectivity index (χ2v) is 19.3. The Kier molecular flexibility index (Phi) is 15.7. The van der Waals surface area contributed by atoms with Crippen LogP contribution in [0.15, 0.2) is 59.3 Å². The van der Waals surface area contributed by atoms with Crippen molar-refractivity contribution >= 4 is 5.97 Å². The summed E-state index contributed by atoms with van der Waals surface area (Å²) in [5, 5.41) is 34.6. The molecule has 0 aromatic rings. The maximum Gasteiger partial charge on any atom is 0.316 e. The summed E-state index contributed by atoms with van der Waals surface area (Å²) in [6, 6.07) is 0. The molecule has 6 heterocycles. The number of esters is 1. The van der Waals surface area contributed by atoms with Crippen LogP contribution in [-0.4, -0.2) is 140 Å². The van der Waals surface area contributed by atoms with Gasteiger partial charge in [0.05, 0.1) is 62.0 Å². The van der Waals surface area contributed by atoms with Crippen molar-refractivity contribution in [3.05, 3.63) is 59.3 Å². The zero-order valence-electron chi connectivity index (χ0n) is 38.9. The van der Waals surface area contributed by atoms with E-state index in [-0.39, 0.29) is 49.3 Å². The van der Waals surface area contributed by atoms with Crippen LogP contribution in [-0.2, 0) is 52.2 Å². The van der Waals surface area contributed by atoms with Gasteiger partial charge in [0.2, 0.25) is 0 Å². The minimum absolute atomic E-state index is 0.0806. The smallest absolute Gasteiger partial charge is 0.316 e. The number of hydrogen-bond donors (Lipinski definition) is 3. The van der Waals surface area contributed by atoms with Crippen LogP contribution in [0.5, 0.6) is 0 Å². The minimum atomic E-state index is -1.75. The zero-order valence-corrected chi connectivity index (χ0v) is 38.9. The predicted octanol–water partition coefficient (Wildman–Crippen LogP) is 5.63. The Labute approximate surface area is 373 Å². The lowest BCUT2D eigenvalue weighted by Gasteiger charge is -2.50. The third-order valence-electron chi connectivity index (χ3n) is 14.9. The van der Waals surface area contributed by atoms with Gasteiger partial charge in [0.1, 0.15) is 29.8 Å². The summed E-state index contributed by atoms with van der Waals surface area (Å²) < 4.78 is 63.7. The van der Waals surface area contributed by atoms with Crippen molar-refractivity contribution < 1.29 is 67.5 Å². The van der Waals surface area contributed by atoms with Crippen molar-refractivity contribution in [3.8, 4) is 0 Å². The first-order valence-corrected chi connectivity index (χ1v) is 23.3. The lowest BCUT2D eigenvalue weighted by atomic mass is 9.64. The molecule has 1 aliphatic carbocycles. The largest absolute Gasteiger partial charge is 0.462 e. The van der Waals surface area contributed by atoms with E-state index in [4.69, 9.17) is 47.4 Å². The first-order chi connectivity index (χ1) is 30.0. The Hall–Kier alpha value is -2.31. The third-order valence-corrected chi connectivity index (χ3v) is 14.9. The summed E-state index contributed by atoms with van der Waals surface area (Å²) in [4.78, 5) is 14.5. The fourth-order valence-electron chi connectivity index (χ4n) is 10.9. The first-order valence-electron chi connectivity index (χ1n) is 23.3. The molecular weight excluding hydrogens is 813 g/mol. The molecule has 0 saturated carbocycles. The molecule has 0 amide bonds. The second kappa shape index (κ2) is 20.3. The maximum atomic E-state index is 14.5. The topological polar surface area (TPSA) is 170 Å². The molecule has 14 nitrogen and oxygen atoms in total. The zero-order chi connectivity index (χ0) is 45.4. The summed E-state index contributed by atoms with van der Waals surface area (Å²) in [5.41, 5.74) is 0.277. The molecule has 63 heavy (non-hydrogen) atoms. The van der Waals surface area contributed by atoms with E-state index in [1.54, 1.807) is 40.2 Å². The van der Waals surface area contributed by atoms with E-state index in [9.17, 15) is 20.1 Å². The number of hydrogen-bond acceptors (Lipinski definition) is 14. The molecule has 3 N–H and O–H groups in total. The fraction of sp³-hybridized carbons (Fsp3) is 0.776. The highest BCUT2D eigenvalue weighted by atomic mass is 16.7. The lowest BCUT2D eigenvalue weighted by molar-refractivity contribution is -0.318. The number of methoxy groups -OCH3 is 2. The number of carbonyl (C=O) groups is 1. The van der Waals surface area contributed by atoms with Crippen molar-refractivity contribution in [3.63, 3.8) is 0 Å². The molecule has 354 valence electrons. The van der Waals surface area contributed by atoms with Gasteiger partial charge < -0.3 is 62.7 Å². The normalized spacial score (nSPS) is 48.7. The average Bonchev–Trinajstić information content (AvgIpc) is 3.25. The molecule has 0 unspecified atom stereocenters. The second-order valence-electron chi connectivity index (χ2n) is 19.3. The number of rotatable bonds is 8. The molecule has 14 heteroatoms. The van der Waals surface area contributed by atoms with Gasteiger partial charge in [-0.05, 0) is 62.8 Å². The van der Waals surface area contributed by atoms with Gasteiger partial charge in [0.25, 0.3) is 0 Å². The van der Waals surface area contributed by atoms with Gasteiger partial charge in [-0.1, -0.05) is 70.6 Å². The van der Waals surface area contributed by atoms with Crippen molar-refractivity contribution in [2.24, 2.45) is 29.6 Å². The Morgan fingerprint density at radius 3 is 2.33 bits per heavy atom. The highest BCUT2D eigenvalue weighted by Crippen LogP contribution is 2.47. The highest BCUT2D eigenvalue weighted by molar-refractivity contribution is 5.78. The van der Waals surface area contributed by atoms with Crippen LogP contribution in [0.3, 0.4) is 0 Å². The van der Waals surface area contributed by atoms with Gasteiger partial charge in [0.15, 0.2) is 18.4 Å². The molecule has 2 bridgehead atoms. The van der Waals surface area contributed by atoms with Gasteiger partial charge >= 0.3 is 5.97 Å². The molecule has 0 radical (unpaired) electrons. The quantitative estimate of drug-likeness (QED) is 0.203. The molecule has 0 aromatic carbocycles. The number of ether oxygens (including phenoxy) is 10. The van der Waals surface area contributed by atoms with E-state index < -0.39 is 90.6 Å². The molecule has 20 atom stereocenters. The monoisotopic (exact) mass is 887 g/mol. The van der Waals surface area contributed by atoms with Crippen LogP contribution in [0.4, 0.5) is 0 Å². The molecule has 4 saturated heterocycles. The van der Waals surface area contributed by atoms with E-state index in [2.05, 4.69) is 39.8 Å². The summed E-state index contributed by atoms with van der Waals surface area (Å²) in [5.74, 6) is -3.28. The number of aliphatic hydroxyl groups excluding tert-OH is 2. The summed E-state index contributed by atoms with van der Waals surface area (Å²) in [6.45, 7) is 16.3.